The van der Waals surface area contributed by atoms with Gasteiger partial charge in [0.1, 0.15) is 5.69 Å². The van der Waals surface area contributed by atoms with E-state index in [4.69, 9.17) is 9.47 Å². The maximum absolute atomic E-state index is 13.2. The van der Waals surface area contributed by atoms with E-state index in [1.54, 1.807) is 0 Å². The third-order valence-electron chi connectivity index (χ3n) is 5.90. The predicted octanol–water partition coefficient (Wildman–Crippen LogP) is 2.75. The SMILES string of the molecule is Cc1cccc(C(=O)N2CCC[C@@]3(C4=CCOCC4)COCC[C@H]23)n1. The molecule has 2 atom stereocenters. The summed E-state index contributed by atoms with van der Waals surface area (Å²) in [7, 11) is 0. The molecule has 1 amide bonds. The van der Waals surface area contributed by atoms with E-state index in [1.165, 1.54) is 5.57 Å². The monoisotopic (exact) mass is 342 g/mol. The number of hydrogen-bond acceptors (Lipinski definition) is 4. The largest absolute Gasteiger partial charge is 0.380 e. The Morgan fingerprint density at radius 2 is 2.24 bits per heavy atom. The van der Waals surface area contributed by atoms with E-state index in [-0.39, 0.29) is 17.4 Å². The fourth-order valence-electron chi connectivity index (χ4n) is 4.73. The summed E-state index contributed by atoms with van der Waals surface area (Å²) in [6, 6.07) is 5.88. The van der Waals surface area contributed by atoms with Crippen molar-refractivity contribution >= 4 is 5.91 Å². The molecule has 5 heteroatoms. The summed E-state index contributed by atoms with van der Waals surface area (Å²) in [5, 5.41) is 0. The molecular formula is C20H26N2O3. The number of pyridine rings is 1. The molecule has 1 aromatic heterocycles. The summed E-state index contributed by atoms with van der Waals surface area (Å²) in [5.41, 5.74) is 2.83. The molecule has 3 aliphatic heterocycles. The minimum Gasteiger partial charge on any atom is -0.380 e. The highest BCUT2D eigenvalue weighted by atomic mass is 16.5. The van der Waals surface area contributed by atoms with E-state index in [9.17, 15) is 4.79 Å². The Balaban J connectivity index is 1.67. The molecule has 5 nitrogen and oxygen atoms in total. The Kier molecular flexibility index (Phi) is 4.61. The maximum atomic E-state index is 13.2. The summed E-state index contributed by atoms with van der Waals surface area (Å²) in [5.74, 6) is 0.0623. The van der Waals surface area contributed by atoms with E-state index in [0.717, 1.165) is 51.1 Å². The number of carbonyl (C=O) groups excluding carboxylic acids is 1. The van der Waals surface area contributed by atoms with Crippen molar-refractivity contribution in [3.8, 4) is 0 Å². The number of amides is 1. The first kappa shape index (κ1) is 16.7. The highest BCUT2D eigenvalue weighted by Gasteiger charge is 2.50. The van der Waals surface area contributed by atoms with Crippen LogP contribution in [0.15, 0.2) is 29.8 Å². The molecule has 2 fully saturated rings. The fraction of sp³-hybridized carbons (Fsp3) is 0.600. The van der Waals surface area contributed by atoms with Crippen molar-refractivity contribution < 1.29 is 14.3 Å². The average molecular weight is 342 g/mol. The number of rotatable bonds is 2. The van der Waals surface area contributed by atoms with E-state index >= 15 is 0 Å². The molecule has 3 aliphatic rings. The van der Waals surface area contributed by atoms with Gasteiger partial charge in [0.15, 0.2) is 0 Å². The average Bonchev–Trinajstić information content (AvgIpc) is 2.67. The highest BCUT2D eigenvalue weighted by Crippen LogP contribution is 2.48. The van der Waals surface area contributed by atoms with E-state index in [2.05, 4.69) is 16.0 Å². The quantitative estimate of drug-likeness (QED) is 0.776. The number of nitrogens with zero attached hydrogens (tertiary/aromatic N) is 2. The van der Waals surface area contributed by atoms with E-state index < -0.39 is 0 Å². The molecule has 0 bridgehead atoms. The zero-order valence-corrected chi connectivity index (χ0v) is 14.9. The number of aromatic nitrogens is 1. The number of likely N-dealkylation sites (tertiary alicyclic amines) is 1. The van der Waals surface area contributed by atoms with Crippen molar-refractivity contribution in [1.82, 2.24) is 9.88 Å². The molecule has 0 spiro atoms. The Morgan fingerprint density at radius 3 is 3.04 bits per heavy atom. The molecule has 1 aromatic rings. The molecule has 25 heavy (non-hydrogen) atoms. The maximum Gasteiger partial charge on any atom is 0.272 e. The molecule has 0 N–H and O–H groups in total. The molecule has 0 unspecified atom stereocenters. The van der Waals surface area contributed by atoms with Crippen molar-refractivity contribution in [2.45, 2.75) is 38.6 Å². The minimum absolute atomic E-state index is 0.0419. The molecule has 134 valence electrons. The molecule has 4 rings (SSSR count). The third kappa shape index (κ3) is 3.00. The van der Waals surface area contributed by atoms with Crippen molar-refractivity contribution in [2.75, 3.05) is 33.0 Å². The Bertz CT molecular complexity index is 683. The van der Waals surface area contributed by atoms with Crippen LogP contribution in [0.5, 0.6) is 0 Å². The van der Waals surface area contributed by atoms with Crippen LogP contribution in [-0.2, 0) is 9.47 Å². The van der Waals surface area contributed by atoms with Gasteiger partial charge in [-0.15, -0.1) is 0 Å². The van der Waals surface area contributed by atoms with Crippen LogP contribution < -0.4 is 0 Å². The number of aryl methyl sites for hydroxylation is 1. The Hall–Kier alpha value is -1.72. The fourth-order valence-corrected chi connectivity index (χ4v) is 4.73. The van der Waals surface area contributed by atoms with Gasteiger partial charge >= 0.3 is 0 Å². The van der Waals surface area contributed by atoms with Crippen LogP contribution in [0, 0.1) is 12.3 Å². The lowest BCUT2D eigenvalue weighted by Crippen LogP contribution is -2.59. The lowest BCUT2D eigenvalue weighted by atomic mass is 9.65. The second-order valence-electron chi connectivity index (χ2n) is 7.33. The highest BCUT2D eigenvalue weighted by molar-refractivity contribution is 5.92. The summed E-state index contributed by atoms with van der Waals surface area (Å²) in [6.45, 7) is 5.63. The van der Waals surface area contributed by atoms with Gasteiger partial charge in [-0.1, -0.05) is 17.7 Å². The van der Waals surface area contributed by atoms with Crippen LogP contribution in [0.1, 0.15) is 41.9 Å². The first-order valence-corrected chi connectivity index (χ1v) is 9.30. The number of hydrogen-bond donors (Lipinski definition) is 0. The van der Waals surface area contributed by atoms with Crippen LogP contribution in [0.4, 0.5) is 0 Å². The number of piperidine rings is 1. The smallest absolute Gasteiger partial charge is 0.272 e. The van der Waals surface area contributed by atoms with Crippen LogP contribution >= 0.6 is 0 Å². The zero-order chi connectivity index (χ0) is 17.3. The molecule has 2 saturated heterocycles. The molecule has 0 aliphatic carbocycles. The number of carbonyl (C=O) groups is 1. The van der Waals surface area contributed by atoms with Gasteiger partial charge < -0.3 is 14.4 Å². The van der Waals surface area contributed by atoms with Gasteiger partial charge in [-0.2, -0.15) is 0 Å². The second kappa shape index (κ2) is 6.89. The molecule has 0 aromatic carbocycles. The summed E-state index contributed by atoms with van der Waals surface area (Å²) >= 11 is 0. The van der Waals surface area contributed by atoms with Crippen LogP contribution in [0.25, 0.3) is 0 Å². The van der Waals surface area contributed by atoms with Crippen molar-refractivity contribution in [1.29, 1.82) is 0 Å². The second-order valence-corrected chi connectivity index (χ2v) is 7.33. The molecular weight excluding hydrogens is 316 g/mol. The molecule has 0 radical (unpaired) electrons. The predicted molar refractivity (Wildman–Crippen MR) is 94.4 cm³/mol. The summed E-state index contributed by atoms with van der Waals surface area (Å²) in [6.07, 6.45) is 6.18. The zero-order valence-electron chi connectivity index (χ0n) is 14.9. The molecule has 0 saturated carbocycles. The first-order chi connectivity index (χ1) is 12.2. The van der Waals surface area contributed by atoms with Crippen LogP contribution in [-0.4, -0.2) is 54.8 Å². The van der Waals surface area contributed by atoms with Crippen LogP contribution in [0.2, 0.25) is 0 Å². The van der Waals surface area contributed by atoms with Crippen molar-refractivity contribution in [2.24, 2.45) is 5.41 Å². The lowest BCUT2D eigenvalue weighted by molar-refractivity contribution is -0.0740. The van der Waals surface area contributed by atoms with Crippen molar-refractivity contribution in [3.05, 3.63) is 41.2 Å². The van der Waals surface area contributed by atoms with Gasteiger partial charge in [-0.3, -0.25) is 4.79 Å². The van der Waals surface area contributed by atoms with Gasteiger partial charge in [0, 0.05) is 30.3 Å². The van der Waals surface area contributed by atoms with Crippen LogP contribution in [0.3, 0.4) is 0 Å². The number of ether oxygens (including phenoxy) is 2. The van der Waals surface area contributed by atoms with E-state index in [0.29, 0.717) is 18.9 Å². The standard InChI is InChI=1S/C20H26N2O3/c1-15-4-2-5-17(21-15)19(23)22-10-3-9-20(14-25-13-8-18(20)22)16-6-11-24-12-7-16/h2,4-6,18H,3,7-14H2,1H3/t18-,20-/m0/s1. The van der Waals surface area contributed by atoms with Gasteiger partial charge in [0.05, 0.1) is 19.8 Å². The third-order valence-corrected chi connectivity index (χ3v) is 5.90. The van der Waals surface area contributed by atoms with Gasteiger partial charge in [0.25, 0.3) is 5.91 Å². The molecule has 4 heterocycles. The normalized spacial score (nSPS) is 29.7. The minimum atomic E-state index is -0.0419. The van der Waals surface area contributed by atoms with Crippen molar-refractivity contribution in [3.63, 3.8) is 0 Å². The van der Waals surface area contributed by atoms with E-state index in [1.807, 2.05) is 25.1 Å². The Labute approximate surface area is 149 Å². The number of fused-ring (bicyclic) bond motifs is 1. The lowest BCUT2D eigenvalue weighted by Gasteiger charge is -2.54. The topological polar surface area (TPSA) is 51.7 Å². The Morgan fingerprint density at radius 1 is 1.32 bits per heavy atom. The summed E-state index contributed by atoms with van der Waals surface area (Å²) < 4.78 is 11.4. The van der Waals surface area contributed by atoms with Gasteiger partial charge in [-0.05, 0) is 44.7 Å². The summed E-state index contributed by atoms with van der Waals surface area (Å²) in [4.78, 5) is 19.7. The van der Waals surface area contributed by atoms with Gasteiger partial charge in [-0.25, -0.2) is 4.98 Å². The first-order valence-electron chi connectivity index (χ1n) is 9.30. The van der Waals surface area contributed by atoms with Gasteiger partial charge in [0.2, 0.25) is 0 Å².